The van der Waals surface area contributed by atoms with Crippen molar-refractivity contribution in [1.82, 2.24) is 5.32 Å². The Hall–Kier alpha value is -1.52. The third-order valence-corrected chi connectivity index (χ3v) is 5.19. The van der Waals surface area contributed by atoms with Crippen molar-refractivity contribution < 1.29 is 9.53 Å². The van der Waals surface area contributed by atoms with Crippen molar-refractivity contribution in [1.29, 1.82) is 0 Å². The van der Waals surface area contributed by atoms with E-state index in [1.165, 1.54) is 0 Å². The molecule has 2 rings (SSSR count). The summed E-state index contributed by atoms with van der Waals surface area (Å²) in [6.07, 6.45) is 0. The van der Waals surface area contributed by atoms with Gasteiger partial charge in [-0.25, -0.2) is 0 Å². The number of nitrogens with one attached hydrogen (secondary N) is 1. The zero-order valence-corrected chi connectivity index (χ0v) is 15.7. The lowest BCUT2D eigenvalue weighted by molar-refractivity contribution is -0.123. The van der Waals surface area contributed by atoms with Crippen molar-refractivity contribution in [2.45, 2.75) is 27.3 Å². The van der Waals surface area contributed by atoms with Gasteiger partial charge in [-0.1, -0.05) is 39.7 Å². The van der Waals surface area contributed by atoms with E-state index in [-0.39, 0.29) is 12.5 Å². The number of hydrogen-bond donors (Lipinski definition) is 1. The molecule has 0 fully saturated rings. The quantitative estimate of drug-likeness (QED) is 0.794. The summed E-state index contributed by atoms with van der Waals surface area (Å²) in [5.74, 6) is 0.586. The molecule has 0 aliphatic heterocycles. The van der Waals surface area contributed by atoms with Gasteiger partial charge in [0.1, 0.15) is 5.75 Å². The molecular weight excluding hydrogens is 378 g/mol. The number of benzene rings is 2. The third-order valence-electron chi connectivity index (χ3n) is 3.72. The summed E-state index contributed by atoms with van der Waals surface area (Å²) in [5.41, 5.74) is 4.24. The smallest absolute Gasteiger partial charge is 0.258 e. The van der Waals surface area contributed by atoms with Gasteiger partial charge in [0.15, 0.2) is 6.61 Å². The van der Waals surface area contributed by atoms with E-state index < -0.39 is 0 Å². The Balaban J connectivity index is 1.91. The van der Waals surface area contributed by atoms with Crippen LogP contribution in [0, 0.1) is 20.8 Å². The van der Waals surface area contributed by atoms with Gasteiger partial charge in [-0.3, -0.25) is 4.79 Å². The minimum absolute atomic E-state index is 0.00502. The van der Waals surface area contributed by atoms with Gasteiger partial charge >= 0.3 is 0 Å². The van der Waals surface area contributed by atoms with E-state index in [2.05, 4.69) is 21.2 Å². The molecule has 0 unspecified atom stereocenters. The minimum atomic E-state index is -0.155. The maximum atomic E-state index is 11.9. The Bertz CT molecular complexity index is 714. The van der Waals surface area contributed by atoms with Crippen LogP contribution < -0.4 is 10.1 Å². The molecule has 0 saturated heterocycles. The molecule has 23 heavy (non-hydrogen) atoms. The first-order valence-electron chi connectivity index (χ1n) is 7.28. The summed E-state index contributed by atoms with van der Waals surface area (Å²) in [6.45, 7) is 6.47. The summed E-state index contributed by atoms with van der Waals surface area (Å²) in [4.78, 5) is 11.9. The van der Waals surface area contributed by atoms with Crippen molar-refractivity contribution >= 4 is 33.4 Å². The predicted octanol–water partition coefficient (Wildman–Crippen LogP) is 4.72. The number of carbonyl (C=O) groups is 1. The van der Waals surface area contributed by atoms with E-state index in [0.29, 0.717) is 11.6 Å². The van der Waals surface area contributed by atoms with E-state index in [1.54, 1.807) is 12.1 Å². The van der Waals surface area contributed by atoms with Gasteiger partial charge in [-0.2, -0.15) is 0 Å². The van der Waals surface area contributed by atoms with Gasteiger partial charge in [-0.05, 0) is 61.2 Å². The number of carbonyl (C=O) groups excluding carboxylic acids is 1. The van der Waals surface area contributed by atoms with Crippen LogP contribution in [0.1, 0.15) is 22.3 Å². The molecule has 0 aliphatic rings. The number of hydrogen-bond acceptors (Lipinski definition) is 2. The van der Waals surface area contributed by atoms with Crippen molar-refractivity contribution in [3.05, 3.63) is 62.1 Å². The van der Waals surface area contributed by atoms with Gasteiger partial charge in [0, 0.05) is 16.0 Å². The normalized spacial score (nSPS) is 10.5. The highest BCUT2D eigenvalue weighted by molar-refractivity contribution is 9.10. The van der Waals surface area contributed by atoms with Crippen LogP contribution in [0.4, 0.5) is 0 Å². The van der Waals surface area contributed by atoms with Gasteiger partial charge in [0.2, 0.25) is 0 Å². The Morgan fingerprint density at radius 1 is 1.17 bits per heavy atom. The molecule has 122 valence electrons. The summed E-state index contributed by atoms with van der Waals surface area (Å²) in [7, 11) is 0. The molecule has 0 heterocycles. The van der Waals surface area contributed by atoms with E-state index in [9.17, 15) is 4.79 Å². The van der Waals surface area contributed by atoms with Crippen LogP contribution in [0.15, 0.2) is 34.8 Å². The SMILES string of the molecule is Cc1cc(OCC(=O)NCc2ccc(Cl)cc2)c(C)c(C)c1Br. The monoisotopic (exact) mass is 395 g/mol. The maximum absolute atomic E-state index is 11.9. The number of ether oxygens (including phenoxy) is 1. The molecule has 1 amide bonds. The number of amides is 1. The molecule has 0 aliphatic carbocycles. The molecule has 0 radical (unpaired) electrons. The molecule has 0 atom stereocenters. The van der Waals surface area contributed by atoms with E-state index in [0.717, 1.165) is 32.5 Å². The van der Waals surface area contributed by atoms with E-state index in [1.807, 2.05) is 39.0 Å². The third kappa shape index (κ3) is 4.72. The largest absolute Gasteiger partial charge is 0.483 e. The average Bonchev–Trinajstić information content (AvgIpc) is 2.54. The van der Waals surface area contributed by atoms with Crippen LogP contribution in [-0.2, 0) is 11.3 Å². The summed E-state index contributed by atoms with van der Waals surface area (Å²) in [6, 6.07) is 9.32. The second-order valence-electron chi connectivity index (χ2n) is 5.45. The fourth-order valence-corrected chi connectivity index (χ4v) is 2.70. The van der Waals surface area contributed by atoms with Crippen molar-refractivity contribution in [2.75, 3.05) is 6.61 Å². The molecule has 1 N–H and O–H groups in total. The highest BCUT2D eigenvalue weighted by Gasteiger charge is 2.11. The number of halogens is 2. The van der Waals surface area contributed by atoms with E-state index >= 15 is 0 Å². The number of rotatable bonds is 5. The lowest BCUT2D eigenvalue weighted by atomic mass is 10.1. The fourth-order valence-electron chi connectivity index (χ4n) is 2.16. The highest BCUT2D eigenvalue weighted by atomic mass is 79.9. The molecule has 0 aromatic heterocycles. The Morgan fingerprint density at radius 2 is 1.83 bits per heavy atom. The second kappa shape index (κ2) is 7.84. The molecule has 2 aromatic carbocycles. The Morgan fingerprint density at radius 3 is 2.48 bits per heavy atom. The highest BCUT2D eigenvalue weighted by Crippen LogP contribution is 2.31. The number of aryl methyl sites for hydroxylation is 1. The van der Waals surface area contributed by atoms with Gasteiger partial charge in [0.05, 0.1) is 0 Å². The summed E-state index contributed by atoms with van der Waals surface area (Å²) < 4.78 is 6.75. The van der Waals surface area contributed by atoms with Crippen LogP contribution in [-0.4, -0.2) is 12.5 Å². The Kier molecular flexibility index (Phi) is 6.08. The van der Waals surface area contributed by atoms with Crippen LogP contribution in [0.5, 0.6) is 5.75 Å². The van der Waals surface area contributed by atoms with Gasteiger partial charge in [0.25, 0.3) is 5.91 Å². The summed E-state index contributed by atoms with van der Waals surface area (Å²) >= 11 is 9.39. The molecule has 2 aromatic rings. The van der Waals surface area contributed by atoms with E-state index in [4.69, 9.17) is 16.3 Å². The fraction of sp³-hybridized carbons (Fsp3) is 0.278. The molecule has 3 nitrogen and oxygen atoms in total. The molecular formula is C18H19BrClNO2. The second-order valence-corrected chi connectivity index (χ2v) is 6.68. The first-order valence-corrected chi connectivity index (χ1v) is 8.46. The van der Waals surface area contributed by atoms with Crippen molar-refractivity contribution in [2.24, 2.45) is 0 Å². The standard InChI is InChI=1S/C18H19BrClNO2/c1-11-8-16(12(2)13(3)18(11)19)23-10-17(22)21-9-14-4-6-15(20)7-5-14/h4-8H,9-10H2,1-3H3,(H,21,22). The first kappa shape index (κ1) is 17.8. The zero-order valence-electron chi connectivity index (χ0n) is 13.4. The lowest BCUT2D eigenvalue weighted by Gasteiger charge is -2.14. The molecule has 5 heteroatoms. The zero-order chi connectivity index (χ0) is 17.0. The Labute approximate surface area is 150 Å². The topological polar surface area (TPSA) is 38.3 Å². The van der Waals surface area contributed by atoms with Crippen LogP contribution in [0.2, 0.25) is 5.02 Å². The molecule has 0 saturated carbocycles. The van der Waals surface area contributed by atoms with Crippen LogP contribution in [0.25, 0.3) is 0 Å². The maximum Gasteiger partial charge on any atom is 0.258 e. The molecule has 0 spiro atoms. The van der Waals surface area contributed by atoms with Gasteiger partial charge in [-0.15, -0.1) is 0 Å². The molecule has 0 bridgehead atoms. The van der Waals surface area contributed by atoms with Gasteiger partial charge < -0.3 is 10.1 Å². The lowest BCUT2D eigenvalue weighted by Crippen LogP contribution is -2.28. The van der Waals surface area contributed by atoms with Crippen molar-refractivity contribution in [3.8, 4) is 5.75 Å². The van der Waals surface area contributed by atoms with Crippen molar-refractivity contribution in [3.63, 3.8) is 0 Å². The average molecular weight is 397 g/mol. The van der Waals surface area contributed by atoms with Crippen LogP contribution >= 0.6 is 27.5 Å². The first-order chi connectivity index (χ1) is 10.9. The predicted molar refractivity (Wildman–Crippen MR) is 97.1 cm³/mol. The minimum Gasteiger partial charge on any atom is -0.483 e. The van der Waals surface area contributed by atoms with Crippen LogP contribution in [0.3, 0.4) is 0 Å². The summed E-state index contributed by atoms with van der Waals surface area (Å²) in [5, 5.41) is 3.51.